The SMILES string of the molecule is CC(=O)c1ccc(C)cc1.CC(C)(O)C(C)(O)c1ccc(OC=O)cc1.CC(C)=C(C)c1ccc(C)cc1.CC(C)[P+](c1ccccc1)(c1ccccc1)c1ccccc1.Cc1ccc(C(C)(O)C(C)(C)O)cc1.O=C=O.O=C=O.O=C=O.[Br-].[Li+].[OH-]. The van der Waals surface area contributed by atoms with Crippen LogP contribution in [0.4, 0.5) is 0 Å². The molecule has 0 fully saturated rings. The monoisotopic (exact) mass is 1250 g/mol. The van der Waals surface area contributed by atoms with Crippen molar-refractivity contribution in [3.05, 3.63) is 233 Å². The standard InChI is InChI=1S/C21H22P.C12H16O4.C12H18O2.C12H16.C9H10O.3CO2.BrH.Li.H2O/c1-18(2)22(19-12-6-3-7-13-19,20-14-8-4-9-15-20)21-16-10-5-11-17-21;1-11(2,14)12(3,15)9-4-6-10(7-5-9)16-8-13;1-9-5-7-10(8-6-9)12(4,14)11(2,3)13;1-9(2)11(4)12-7-5-10(3)6-8-12;1-7-3-5-9(6-4-7)8(2)10;3*2-1-3;;;/h3-18H,1-2H3;4-8,14-15H,1-3H3;5-8,13-14H,1-4H3;5-8H,1-4H3;3-6H,1-2H3;;;;1H;;1H2/q+1;;;;;;;;;+1;/p-2. The van der Waals surface area contributed by atoms with E-state index in [9.17, 15) is 30.0 Å². The molecule has 0 aliphatic rings. The van der Waals surface area contributed by atoms with Gasteiger partial charge in [0.1, 0.15) is 40.1 Å². The minimum absolute atomic E-state index is 0. The van der Waals surface area contributed by atoms with Crippen LogP contribution in [0, 0.1) is 20.8 Å². The smallest absolute Gasteiger partial charge is 1.00 e. The van der Waals surface area contributed by atoms with Gasteiger partial charge in [-0.2, -0.15) is 28.8 Å². The summed E-state index contributed by atoms with van der Waals surface area (Å²) in [5.74, 6) is 0.519. The van der Waals surface area contributed by atoms with Crippen molar-refractivity contribution in [2.45, 2.75) is 132 Å². The Hall–Kier alpha value is -7.13. The molecule has 0 spiro atoms. The van der Waals surface area contributed by atoms with Gasteiger partial charge < -0.3 is 47.6 Å². The van der Waals surface area contributed by atoms with E-state index in [-0.39, 0.29) is 65.6 Å². The number of carbonyl (C=O) groups excluding carboxylic acids is 8. The molecule has 0 aliphatic heterocycles. The summed E-state index contributed by atoms with van der Waals surface area (Å²) in [6.07, 6.45) is 0.750. The summed E-state index contributed by atoms with van der Waals surface area (Å²) in [6, 6.07) is 63.2. The van der Waals surface area contributed by atoms with Gasteiger partial charge in [-0.25, -0.2) is 0 Å². The fourth-order valence-corrected chi connectivity index (χ4v) is 12.3. The van der Waals surface area contributed by atoms with Gasteiger partial charge in [0.15, 0.2) is 5.78 Å². The van der Waals surface area contributed by atoms with Crippen LogP contribution in [-0.2, 0) is 44.8 Å². The predicted octanol–water partition coefficient (Wildman–Crippen LogP) is 5.65. The molecule has 0 heterocycles. The van der Waals surface area contributed by atoms with Crippen LogP contribution in [0.2, 0.25) is 0 Å². The minimum Gasteiger partial charge on any atom is -1.00 e. The van der Waals surface area contributed by atoms with Crippen molar-refractivity contribution >= 4 is 59.5 Å². The van der Waals surface area contributed by atoms with Crippen molar-refractivity contribution in [2.24, 2.45) is 0 Å². The predicted molar refractivity (Wildman–Crippen MR) is 330 cm³/mol. The van der Waals surface area contributed by atoms with Gasteiger partial charge in [0, 0.05) is 5.56 Å². The molecule has 86 heavy (non-hydrogen) atoms. The van der Waals surface area contributed by atoms with Crippen LogP contribution in [0.25, 0.3) is 5.57 Å². The van der Waals surface area contributed by atoms with Gasteiger partial charge in [-0.1, -0.05) is 162 Å². The molecule has 456 valence electrons. The van der Waals surface area contributed by atoms with Gasteiger partial charge in [0.05, 0.1) is 16.9 Å². The third-order valence-corrected chi connectivity index (χ3v) is 18.4. The van der Waals surface area contributed by atoms with Crippen LogP contribution in [0.1, 0.15) is 127 Å². The number of carbonyl (C=O) groups is 2. The summed E-state index contributed by atoms with van der Waals surface area (Å²) in [5, 5.41) is 44.4. The van der Waals surface area contributed by atoms with Gasteiger partial charge in [0.25, 0.3) is 6.47 Å². The third kappa shape index (κ3) is 27.9. The van der Waals surface area contributed by atoms with Crippen LogP contribution >= 0.6 is 7.26 Å². The summed E-state index contributed by atoms with van der Waals surface area (Å²) < 4.78 is 4.63. The molecule has 0 aliphatic carbocycles. The normalized spacial score (nSPS) is 11.2. The van der Waals surface area contributed by atoms with E-state index in [1.165, 1.54) is 64.5 Å². The summed E-state index contributed by atoms with van der Waals surface area (Å²) in [5.41, 5.74) is 5.37. The van der Waals surface area contributed by atoms with Gasteiger partial charge in [-0.15, -0.1) is 0 Å². The van der Waals surface area contributed by atoms with E-state index in [0.717, 1.165) is 16.7 Å². The summed E-state index contributed by atoms with van der Waals surface area (Å²) in [7, 11) is -1.63. The fraction of sp³-hybridized carbons (Fsp3) is 0.290. The number of ether oxygens (including phenoxy) is 1. The Morgan fingerprint density at radius 1 is 0.465 bits per heavy atom. The molecule has 0 amide bonds. The number of aryl methyl sites for hydroxylation is 3. The molecular weight excluding hydrogens is 1170 g/mol. The molecule has 14 nitrogen and oxygen atoms in total. The van der Waals surface area contributed by atoms with Crippen molar-refractivity contribution in [3.63, 3.8) is 0 Å². The topological polar surface area (TPSA) is 257 Å². The number of allylic oxidation sites excluding steroid dienone is 2. The second-order valence-corrected chi connectivity index (χ2v) is 24.9. The third-order valence-electron chi connectivity index (χ3n) is 13.6. The number of hydrogen-bond donors (Lipinski definition) is 4. The fourth-order valence-electron chi connectivity index (χ4n) is 7.71. The van der Waals surface area contributed by atoms with E-state index < -0.39 is 29.7 Å². The number of Topliss-reactive ketones (excluding diaryl/α,β-unsaturated/α-hetero) is 1. The number of halogens is 1. The van der Waals surface area contributed by atoms with Crippen molar-refractivity contribution in [2.75, 3.05) is 0 Å². The van der Waals surface area contributed by atoms with E-state index in [1.54, 1.807) is 52.0 Å². The first-order valence-electron chi connectivity index (χ1n) is 26.4. The Labute approximate surface area is 531 Å². The van der Waals surface area contributed by atoms with Crippen molar-refractivity contribution in [1.29, 1.82) is 0 Å². The van der Waals surface area contributed by atoms with Crippen LogP contribution in [0.5, 0.6) is 5.75 Å². The molecule has 2 atom stereocenters. The molecule has 0 radical (unpaired) electrons. The Bertz CT molecular complexity index is 2990. The van der Waals surface area contributed by atoms with E-state index in [1.807, 2.05) is 62.4 Å². The van der Waals surface area contributed by atoms with Crippen LogP contribution < -0.4 is 56.5 Å². The van der Waals surface area contributed by atoms with Gasteiger partial charge in [-0.05, 0) is 175 Å². The molecule has 0 aromatic heterocycles. The average Bonchev–Trinajstić information content (AvgIpc) is 1.65. The van der Waals surface area contributed by atoms with Crippen molar-refractivity contribution in [1.82, 2.24) is 0 Å². The van der Waals surface area contributed by atoms with Crippen molar-refractivity contribution in [3.8, 4) is 5.75 Å². The van der Waals surface area contributed by atoms with Crippen LogP contribution in [0.15, 0.2) is 194 Å². The maximum atomic E-state index is 10.8. The quantitative estimate of drug-likeness (QED) is 0.0499. The van der Waals surface area contributed by atoms with Gasteiger partial charge >= 0.3 is 37.3 Å². The molecule has 7 aromatic rings. The molecular formula is C69H83BrLiO14P. The maximum Gasteiger partial charge on any atom is 1.00 e. The van der Waals surface area contributed by atoms with E-state index in [4.69, 9.17) is 28.8 Å². The number of benzene rings is 7. The minimum atomic E-state index is -1.63. The van der Waals surface area contributed by atoms with E-state index in [0.29, 0.717) is 23.4 Å². The van der Waals surface area contributed by atoms with Crippen molar-refractivity contribution < 1.29 is 105 Å². The zero-order chi connectivity index (χ0) is 63.6. The largest absolute Gasteiger partial charge is 1.00 e. The molecule has 2 unspecified atom stereocenters. The second kappa shape index (κ2) is 42.6. The molecule has 0 saturated heterocycles. The number of rotatable bonds is 12. The number of hydrogen-bond acceptors (Lipinski definition) is 14. The Morgan fingerprint density at radius 2 is 0.721 bits per heavy atom. The zero-order valence-corrected chi connectivity index (χ0v) is 54.8. The second-order valence-electron chi connectivity index (χ2n) is 20.9. The Balaban J connectivity index is -0.000000477. The summed E-state index contributed by atoms with van der Waals surface area (Å²) in [4.78, 5) is 69.6. The first kappa shape index (κ1) is 85.3. The average molecular weight is 1250 g/mol. The van der Waals surface area contributed by atoms with Gasteiger partial charge in [0.2, 0.25) is 0 Å². The Kier molecular flexibility index (Phi) is 42.3. The van der Waals surface area contributed by atoms with Crippen LogP contribution in [0.3, 0.4) is 0 Å². The molecule has 0 saturated carbocycles. The first-order valence-corrected chi connectivity index (χ1v) is 28.2. The maximum absolute atomic E-state index is 10.8. The summed E-state index contributed by atoms with van der Waals surface area (Å²) in [6.45, 7) is 28.6. The van der Waals surface area contributed by atoms with Crippen LogP contribution in [-0.4, -0.2) is 73.5 Å². The summed E-state index contributed by atoms with van der Waals surface area (Å²) >= 11 is 0. The molecule has 7 rings (SSSR count). The molecule has 0 bridgehead atoms. The number of aliphatic hydroxyl groups is 4. The Morgan fingerprint density at radius 3 is 0.953 bits per heavy atom. The molecule has 5 N–H and O–H groups in total. The zero-order valence-electron chi connectivity index (χ0n) is 52.3. The first-order chi connectivity index (χ1) is 38.8. The van der Waals surface area contributed by atoms with Gasteiger partial charge in [-0.3, -0.25) is 9.59 Å². The van der Waals surface area contributed by atoms with E-state index in [2.05, 4.69) is 162 Å². The number of ketones is 1. The molecule has 17 heteroatoms. The van der Waals surface area contributed by atoms with E-state index >= 15 is 0 Å². The molecule has 7 aromatic carbocycles.